The van der Waals surface area contributed by atoms with Crippen LogP contribution in [0.25, 0.3) is 0 Å². The second-order valence-corrected chi connectivity index (χ2v) is 6.42. The van der Waals surface area contributed by atoms with Gasteiger partial charge in [-0.1, -0.05) is 5.16 Å². The van der Waals surface area contributed by atoms with Crippen molar-refractivity contribution < 1.29 is 23.2 Å². The SMILES string of the molecule is O=C(c1cc(C2CC2)no1)N1C[C@@H](O)C[C@H]1c1cc(F)ccc1F. The van der Waals surface area contributed by atoms with Gasteiger partial charge >= 0.3 is 0 Å². The first-order chi connectivity index (χ1) is 11.5. The first-order valence-electron chi connectivity index (χ1n) is 7.93. The highest BCUT2D eigenvalue weighted by molar-refractivity contribution is 5.92. The van der Waals surface area contributed by atoms with Crippen molar-refractivity contribution >= 4 is 5.91 Å². The number of nitrogens with zero attached hydrogens (tertiary/aromatic N) is 2. The summed E-state index contributed by atoms with van der Waals surface area (Å²) in [5.74, 6) is -1.26. The summed E-state index contributed by atoms with van der Waals surface area (Å²) in [7, 11) is 0. The fourth-order valence-corrected chi connectivity index (χ4v) is 3.21. The molecular weight excluding hydrogens is 318 g/mol. The highest BCUT2D eigenvalue weighted by Gasteiger charge is 2.39. The zero-order chi connectivity index (χ0) is 16.8. The summed E-state index contributed by atoms with van der Waals surface area (Å²) in [6.45, 7) is 0.0406. The number of likely N-dealkylation sites (tertiary alicyclic amines) is 1. The van der Waals surface area contributed by atoms with Crippen LogP contribution in [-0.2, 0) is 0 Å². The van der Waals surface area contributed by atoms with Crippen LogP contribution in [0.4, 0.5) is 8.78 Å². The van der Waals surface area contributed by atoms with Gasteiger partial charge in [-0.2, -0.15) is 0 Å². The Morgan fingerprint density at radius 1 is 1.29 bits per heavy atom. The number of halogens is 2. The summed E-state index contributed by atoms with van der Waals surface area (Å²) >= 11 is 0. The highest BCUT2D eigenvalue weighted by atomic mass is 19.1. The zero-order valence-electron chi connectivity index (χ0n) is 12.8. The van der Waals surface area contributed by atoms with Crippen molar-refractivity contribution in [1.29, 1.82) is 0 Å². The van der Waals surface area contributed by atoms with Crippen LogP contribution < -0.4 is 0 Å². The average molecular weight is 334 g/mol. The topological polar surface area (TPSA) is 66.6 Å². The lowest BCUT2D eigenvalue weighted by Gasteiger charge is -2.23. The molecule has 0 bridgehead atoms. The van der Waals surface area contributed by atoms with Gasteiger partial charge in [0.1, 0.15) is 11.6 Å². The predicted octanol–water partition coefficient (Wildman–Crippen LogP) is 2.78. The van der Waals surface area contributed by atoms with Crippen LogP contribution in [0.3, 0.4) is 0 Å². The largest absolute Gasteiger partial charge is 0.391 e. The van der Waals surface area contributed by atoms with Crippen molar-refractivity contribution in [2.45, 2.75) is 37.3 Å². The van der Waals surface area contributed by atoms with Crippen LogP contribution >= 0.6 is 0 Å². The molecule has 0 radical (unpaired) electrons. The second-order valence-electron chi connectivity index (χ2n) is 6.42. The maximum atomic E-state index is 14.1. The lowest BCUT2D eigenvalue weighted by Crippen LogP contribution is -2.32. The monoisotopic (exact) mass is 334 g/mol. The Bertz CT molecular complexity index is 788. The van der Waals surface area contributed by atoms with E-state index in [0.717, 1.165) is 36.7 Å². The van der Waals surface area contributed by atoms with E-state index >= 15 is 0 Å². The molecule has 7 heteroatoms. The maximum absolute atomic E-state index is 14.1. The van der Waals surface area contributed by atoms with Gasteiger partial charge in [-0.25, -0.2) is 8.78 Å². The molecule has 5 nitrogen and oxygen atoms in total. The number of rotatable bonds is 3. The third-order valence-corrected chi connectivity index (χ3v) is 4.59. The smallest absolute Gasteiger partial charge is 0.293 e. The minimum Gasteiger partial charge on any atom is -0.391 e. The number of benzene rings is 1. The number of aliphatic hydroxyl groups excluding tert-OH is 1. The van der Waals surface area contributed by atoms with Crippen molar-refractivity contribution in [2.24, 2.45) is 0 Å². The Balaban J connectivity index is 1.64. The number of carbonyl (C=O) groups is 1. The van der Waals surface area contributed by atoms with E-state index in [0.29, 0.717) is 5.92 Å². The summed E-state index contributed by atoms with van der Waals surface area (Å²) in [4.78, 5) is 14.0. The molecule has 2 aromatic rings. The van der Waals surface area contributed by atoms with Gasteiger partial charge in [0.15, 0.2) is 0 Å². The number of hydrogen-bond acceptors (Lipinski definition) is 4. The fraction of sp³-hybridized carbons (Fsp3) is 0.412. The molecule has 1 aromatic heterocycles. The van der Waals surface area contributed by atoms with Gasteiger partial charge in [0.05, 0.1) is 17.8 Å². The molecular formula is C17H16F2N2O3. The van der Waals surface area contributed by atoms with E-state index in [-0.39, 0.29) is 24.3 Å². The molecule has 2 atom stereocenters. The maximum Gasteiger partial charge on any atom is 0.293 e. The predicted molar refractivity (Wildman–Crippen MR) is 79.2 cm³/mol. The molecule has 1 aromatic carbocycles. The summed E-state index contributed by atoms with van der Waals surface area (Å²) in [6.07, 6.45) is 1.40. The van der Waals surface area contributed by atoms with Crippen molar-refractivity contribution in [3.05, 3.63) is 52.9 Å². The molecule has 0 spiro atoms. The number of aromatic nitrogens is 1. The first kappa shape index (κ1) is 15.3. The van der Waals surface area contributed by atoms with Crippen molar-refractivity contribution in [3.63, 3.8) is 0 Å². The summed E-state index contributed by atoms with van der Waals surface area (Å²) in [6, 6.07) is 3.97. The highest BCUT2D eigenvalue weighted by Crippen LogP contribution is 2.40. The molecule has 1 aliphatic heterocycles. The Morgan fingerprint density at radius 3 is 2.83 bits per heavy atom. The summed E-state index contributed by atoms with van der Waals surface area (Å²) in [5.41, 5.74) is 0.799. The quantitative estimate of drug-likeness (QED) is 0.937. The Kier molecular flexibility index (Phi) is 3.60. The van der Waals surface area contributed by atoms with E-state index in [2.05, 4.69) is 5.16 Å². The van der Waals surface area contributed by atoms with Gasteiger partial charge < -0.3 is 14.5 Å². The molecule has 2 heterocycles. The zero-order valence-corrected chi connectivity index (χ0v) is 12.8. The molecule has 1 N–H and O–H groups in total. The van der Waals surface area contributed by atoms with Gasteiger partial charge in [0.25, 0.3) is 5.91 Å². The van der Waals surface area contributed by atoms with Gasteiger partial charge in [-0.15, -0.1) is 0 Å². The van der Waals surface area contributed by atoms with E-state index in [4.69, 9.17) is 4.52 Å². The standard InChI is InChI=1S/C17H16F2N2O3/c18-10-3-4-13(19)12(5-10)15-6-11(22)8-21(15)17(23)16-7-14(20-24-16)9-1-2-9/h3-5,7,9,11,15,22H,1-2,6,8H2/t11-,15-/m0/s1. The summed E-state index contributed by atoms with van der Waals surface area (Å²) < 4.78 is 32.7. The summed E-state index contributed by atoms with van der Waals surface area (Å²) in [5, 5.41) is 13.8. The molecule has 1 saturated heterocycles. The van der Waals surface area contributed by atoms with Crippen LogP contribution in [0.5, 0.6) is 0 Å². The molecule has 24 heavy (non-hydrogen) atoms. The molecule has 4 rings (SSSR count). The lowest BCUT2D eigenvalue weighted by atomic mass is 10.0. The number of amides is 1. The number of aliphatic hydroxyl groups is 1. The van der Waals surface area contributed by atoms with Gasteiger partial charge in [0.2, 0.25) is 5.76 Å². The third-order valence-electron chi connectivity index (χ3n) is 4.59. The van der Waals surface area contributed by atoms with E-state index in [9.17, 15) is 18.7 Å². The van der Waals surface area contributed by atoms with Crippen LogP contribution in [0.1, 0.15) is 53.0 Å². The molecule has 1 amide bonds. The van der Waals surface area contributed by atoms with Gasteiger partial charge in [0, 0.05) is 24.1 Å². The lowest BCUT2D eigenvalue weighted by molar-refractivity contribution is 0.0671. The minimum atomic E-state index is -0.799. The molecule has 2 aliphatic rings. The molecule has 0 unspecified atom stereocenters. The first-order valence-corrected chi connectivity index (χ1v) is 7.93. The Labute approximate surface area is 136 Å². The number of hydrogen-bond donors (Lipinski definition) is 1. The van der Waals surface area contributed by atoms with Crippen LogP contribution in [0.15, 0.2) is 28.8 Å². The average Bonchev–Trinajstić information content (AvgIpc) is 3.16. The van der Waals surface area contributed by atoms with Crippen LogP contribution in [0, 0.1) is 11.6 Å². The molecule has 1 aliphatic carbocycles. The normalized spacial score (nSPS) is 23.7. The Morgan fingerprint density at radius 2 is 2.08 bits per heavy atom. The van der Waals surface area contributed by atoms with Gasteiger partial charge in [-0.3, -0.25) is 4.79 Å². The molecule has 2 fully saturated rings. The second kappa shape index (κ2) is 5.66. The Hall–Kier alpha value is -2.28. The van der Waals surface area contributed by atoms with Gasteiger partial charge in [-0.05, 0) is 37.5 Å². The van der Waals surface area contributed by atoms with E-state index < -0.39 is 29.7 Å². The third kappa shape index (κ3) is 2.69. The minimum absolute atomic E-state index is 0.0406. The van der Waals surface area contributed by atoms with Crippen LogP contribution in [-0.4, -0.2) is 33.7 Å². The number of carbonyl (C=O) groups excluding carboxylic acids is 1. The van der Waals surface area contributed by atoms with Crippen molar-refractivity contribution in [3.8, 4) is 0 Å². The fourth-order valence-electron chi connectivity index (χ4n) is 3.21. The number of β-amino-alcohol motifs (C(OH)–C–C–N with tert-alkyl or cyclic N) is 1. The van der Waals surface area contributed by atoms with E-state index in [1.54, 1.807) is 6.07 Å². The van der Waals surface area contributed by atoms with Crippen LogP contribution in [0.2, 0.25) is 0 Å². The molecule has 1 saturated carbocycles. The van der Waals surface area contributed by atoms with Crippen molar-refractivity contribution in [2.75, 3.05) is 6.54 Å². The van der Waals surface area contributed by atoms with E-state index in [1.165, 1.54) is 4.90 Å². The van der Waals surface area contributed by atoms with Crippen molar-refractivity contribution in [1.82, 2.24) is 10.1 Å². The molecule has 126 valence electrons. The van der Waals surface area contributed by atoms with E-state index in [1.807, 2.05) is 0 Å².